The highest BCUT2D eigenvalue weighted by Gasteiger charge is 2.16. The predicted molar refractivity (Wildman–Crippen MR) is 103 cm³/mol. The van der Waals surface area contributed by atoms with E-state index in [1.165, 1.54) is 24.5 Å². The Morgan fingerprint density at radius 2 is 2.12 bits per heavy atom. The van der Waals surface area contributed by atoms with Crippen LogP contribution in [0.5, 0.6) is 17.2 Å². The van der Waals surface area contributed by atoms with E-state index in [9.17, 15) is 4.79 Å². The molecule has 0 unspecified atom stereocenters. The van der Waals surface area contributed by atoms with Gasteiger partial charge in [-0.1, -0.05) is 22.9 Å². The van der Waals surface area contributed by atoms with E-state index >= 15 is 0 Å². The first-order valence-electron chi connectivity index (χ1n) is 7.55. The molecule has 0 aliphatic carbocycles. The second-order valence-electron chi connectivity index (χ2n) is 5.36. The standard InChI is InChI=1S/C17H16ClN3O4S/c1-20-17-21-10-3-4-11(15(19)16(10)26-17)25-13-7-9(18)8(6-14(22)23)5-12(13)24-2/h3-5,7H,6,19H2,1-2H3,(H,20,21)(H,22,23). The zero-order valence-corrected chi connectivity index (χ0v) is 15.6. The molecule has 3 rings (SSSR count). The molecule has 26 heavy (non-hydrogen) atoms. The van der Waals surface area contributed by atoms with Crippen molar-refractivity contribution in [1.82, 2.24) is 4.98 Å². The average molecular weight is 394 g/mol. The SMILES string of the molecule is CNc1nc2ccc(Oc3cc(Cl)c(CC(=O)O)cc3OC)c(N)c2s1. The van der Waals surface area contributed by atoms with Crippen molar-refractivity contribution >= 4 is 49.9 Å². The Balaban J connectivity index is 2.00. The van der Waals surface area contributed by atoms with Gasteiger partial charge in [0, 0.05) is 18.1 Å². The molecule has 0 atom stereocenters. The first-order valence-corrected chi connectivity index (χ1v) is 8.75. The summed E-state index contributed by atoms with van der Waals surface area (Å²) in [6.45, 7) is 0. The number of hydrogen-bond acceptors (Lipinski definition) is 7. The number of hydrogen-bond donors (Lipinski definition) is 3. The van der Waals surface area contributed by atoms with Crippen LogP contribution in [0.2, 0.25) is 5.02 Å². The Morgan fingerprint density at radius 1 is 1.35 bits per heavy atom. The van der Waals surface area contributed by atoms with Gasteiger partial charge in [-0.2, -0.15) is 0 Å². The second kappa shape index (κ2) is 7.27. The lowest BCUT2D eigenvalue weighted by atomic mass is 10.1. The molecule has 136 valence electrons. The van der Waals surface area contributed by atoms with E-state index in [0.717, 1.165) is 15.3 Å². The van der Waals surface area contributed by atoms with Gasteiger partial charge in [-0.15, -0.1) is 0 Å². The number of nitrogens with one attached hydrogen (secondary N) is 1. The van der Waals surface area contributed by atoms with Gasteiger partial charge < -0.3 is 25.6 Å². The van der Waals surface area contributed by atoms with E-state index in [-0.39, 0.29) is 11.4 Å². The molecule has 0 bridgehead atoms. The van der Waals surface area contributed by atoms with E-state index < -0.39 is 5.97 Å². The molecule has 0 aliphatic heterocycles. The molecule has 0 amide bonds. The molecule has 0 radical (unpaired) electrons. The van der Waals surface area contributed by atoms with Gasteiger partial charge >= 0.3 is 5.97 Å². The molecule has 2 aromatic carbocycles. The highest BCUT2D eigenvalue weighted by Crippen LogP contribution is 2.41. The van der Waals surface area contributed by atoms with Crippen LogP contribution < -0.4 is 20.5 Å². The first-order chi connectivity index (χ1) is 12.4. The van der Waals surface area contributed by atoms with Crippen LogP contribution in [-0.4, -0.2) is 30.2 Å². The number of nitrogens with zero attached hydrogens (tertiary/aromatic N) is 1. The monoisotopic (exact) mass is 393 g/mol. The van der Waals surface area contributed by atoms with Gasteiger partial charge in [0.15, 0.2) is 22.4 Å². The molecule has 0 spiro atoms. The zero-order chi connectivity index (χ0) is 18.8. The van der Waals surface area contributed by atoms with Crippen LogP contribution in [0.15, 0.2) is 24.3 Å². The topological polar surface area (TPSA) is 107 Å². The number of aliphatic carboxylic acids is 1. The third-order valence-corrected chi connectivity index (χ3v) is 5.14. The zero-order valence-electron chi connectivity index (χ0n) is 14.0. The molecule has 0 saturated heterocycles. The first kappa shape index (κ1) is 18.1. The maximum Gasteiger partial charge on any atom is 0.307 e. The summed E-state index contributed by atoms with van der Waals surface area (Å²) in [5.41, 5.74) is 7.89. The number of carboxylic acid groups (broad SMARTS) is 1. The summed E-state index contributed by atoms with van der Waals surface area (Å²) in [6.07, 6.45) is -0.211. The Kier molecular flexibility index (Phi) is 5.06. The smallest absolute Gasteiger partial charge is 0.307 e. The maximum absolute atomic E-state index is 10.9. The number of nitrogen functional groups attached to an aromatic ring is 1. The fraction of sp³-hybridized carbons (Fsp3) is 0.176. The van der Waals surface area contributed by atoms with Gasteiger partial charge in [0.25, 0.3) is 0 Å². The highest BCUT2D eigenvalue weighted by molar-refractivity contribution is 7.22. The number of benzene rings is 2. The summed E-state index contributed by atoms with van der Waals surface area (Å²) >= 11 is 7.60. The number of fused-ring (bicyclic) bond motifs is 1. The summed E-state index contributed by atoms with van der Waals surface area (Å²) in [5.74, 6) is 0.161. The van der Waals surface area contributed by atoms with Gasteiger partial charge in [-0.25, -0.2) is 4.98 Å². The van der Waals surface area contributed by atoms with E-state index in [4.69, 9.17) is 31.9 Å². The quantitative estimate of drug-likeness (QED) is 0.543. The summed E-state index contributed by atoms with van der Waals surface area (Å²) in [5, 5.41) is 13.0. The number of carbonyl (C=O) groups is 1. The van der Waals surface area contributed by atoms with Crippen LogP contribution >= 0.6 is 22.9 Å². The fourth-order valence-electron chi connectivity index (χ4n) is 2.42. The van der Waals surface area contributed by atoms with Crippen molar-refractivity contribution in [2.24, 2.45) is 0 Å². The molecule has 4 N–H and O–H groups in total. The van der Waals surface area contributed by atoms with E-state index in [1.54, 1.807) is 19.2 Å². The van der Waals surface area contributed by atoms with E-state index in [1.807, 2.05) is 6.07 Å². The molecule has 1 heterocycles. The lowest BCUT2D eigenvalue weighted by Crippen LogP contribution is -2.02. The van der Waals surface area contributed by atoms with Crippen LogP contribution in [0.4, 0.5) is 10.8 Å². The van der Waals surface area contributed by atoms with Crippen LogP contribution in [0.1, 0.15) is 5.56 Å². The molecular weight excluding hydrogens is 378 g/mol. The van der Waals surface area contributed by atoms with Crippen molar-refractivity contribution in [2.75, 3.05) is 25.2 Å². The largest absolute Gasteiger partial charge is 0.493 e. The second-order valence-corrected chi connectivity index (χ2v) is 6.77. The molecule has 9 heteroatoms. The maximum atomic E-state index is 10.9. The molecule has 3 aromatic rings. The van der Waals surface area contributed by atoms with Gasteiger partial charge in [0.05, 0.1) is 29.4 Å². The van der Waals surface area contributed by atoms with Gasteiger partial charge in [0.2, 0.25) is 0 Å². The number of anilines is 2. The fourth-order valence-corrected chi connectivity index (χ4v) is 3.51. The molecule has 0 aliphatic rings. The molecular formula is C17H16ClN3O4S. The molecule has 7 nitrogen and oxygen atoms in total. The summed E-state index contributed by atoms with van der Waals surface area (Å²) < 4.78 is 12.0. The Hall–Kier alpha value is -2.71. The van der Waals surface area contributed by atoms with Crippen molar-refractivity contribution < 1.29 is 19.4 Å². The Morgan fingerprint density at radius 3 is 2.77 bits per heavy atom. The predicted octanol–water partition coefficient (Wildman–Crippen LogP) is 4.00. The minimum Gasteiger partial charge on any atom is -0.493 e. The lowest BCUT2D eigenvalue weighted by molar-refractivity contribution is -0.136. The number of carboxylic acids is 1. The van der Waals surface area contributed by atoms with Crippen LogP contribution in [0.3, 0.4) is 0 Å². The molecule has 1 aromatic heterocycles. The Bertz CT molecular complexity index is 990. The van der Waals surface area contributed by atoms with Crippen molar-refractivity contribution in [3.63, 3.8) is 0 Å². The van der Waals surface area contributed by atoms with Gasteiger partial charge in [-0.3, -0.25) is 4.79 Å². The summed E-state index contributed by atoms with van der Waals surface area (Å²) in [6, 6.07) is 6.60. The summed E-state index contributed by atoms with van der Waals surface area (Å²) in [7, 11) is 3.26. The van der Waals surface area contributed by atoms with Crippen molar-refractivity contribution in [1.29, 1.82) is 0 Å². The Labute approximate surface area is 158 Å². The van der Waals surface area contributed by atoms with E-state index in [2.05, 4.69) is 10.3 Å². The minimum atomic E-state index is -0.983. The average Bonchev–Trinajstić information content (AvgIpc) is 3.03. The number of rotatable bonds is 6. The molecule has 0 saturated carbocycles. The van der Waals surface area contributed by atoms with E-state index in [0.29, 0.717) is 28.5 Å². The van der Waals surface area contributed by atoms with Crippen molar-refractivity contribution in [2.45, 2.75) is 6.42 Å². The van der Waals surface area contributed by atoms with Crippen LogP contribution in [0.25, 0.3) is 10.2 Å². The van der Waals surface area contributed by atoms with Gasteiger partial charge in [-0.05, 0) is 23.8 Å². The number of aromatic nitrogens is 1. The minimum absolute atomic E-state index is 0.211. The number of nitrogens with two attached hydrogens (primary N) is 1. The third-order valence-electron chi connectivity index (χ3n) is 3.66. The van der Waals surface area contributed by atoms with Crippen molar-refractivity contribution in [3.05, 3.63) is 34.9 Å². The highest BCUT2D eigenvalue weighted by atomic mass is 35.5. The molecule has 0 fully saturated rings. The van der Waals surface area contributed by atoms with Crippen LogP contribution in [0, 0.1) is 0 Å². The number of ether oxygens (including phenoxy) is 2. The third kappa shape index (κ3) is 3.47. The number of methoxy groups -OCH3 is 1. The summed E-state index contributed by atoms with van der Waals surface area (Å²) in [4.78, 5) is 15.3. The number of halogens is 1. The van der Waals surface area contributed by atoms with Gasteiger partial charge in [0.1, 0.15) is 0 Å². The van der Waals surface area contributed by atoms with Crippen LogP contribution in [-0.2, 0) is 11.2 Å². The lowest BCUT2D eigenvalue weighted by Gasteiger charge is -2.14. The number of thiazole rings is 1. The van der Waals surface area contributed by atoms with Crippen molar-refractivity contribution in [3.8, 4) is 17.2 Å². The normalized spacial score (nSPS) is 10.7.